The molecule has 0 aliphatic carbocycles. The molecule has 100 valence electrons. The Labute approximate surface area is 113 Å². The van der Waals surface area contributed by atoms with Crippen LogP contribution in [0.5, 0.6) is 5.75 Å². The molecule has 2 rings (SSSR count). The topological polar surface area (TPSA) is 35.2 Å². The SMILES string of the molecule is CC(C)(Oc1cccc(F)c1CN)c1ccccc1. The molecule has 0 unspecified atom stereocenters. The molecule has 0 aromatic heterocycles. The van der Waals surface area contributed by atoms with Crippen LogP contribution >= 0.6 is 0 Å². The van der Waals surface area contributed by atoms with Gasteiger partial charge in [-0.25, -0.2) is 4.39 Å². The van der Waals surface area contributed by atoms with E-state index in [9.17, 15) is 4.39 Å². The molecule has 19 heavy (non-hydrogen) atoms. The molecular weight excluding hydrogens is 241 g/mol. The van der Waals surface area contributed by atoms with E-state index in [-0.39, 0.29) is 12.4 Å². The molecule has 0 radical (unpaired) electrons. The Morgan fingerprint density at radius 3 is 2.37 bits per heavy atom. The monoisotopic (exact) mass is 259 g/mol. The zero-order valence-electron chi connectivity index (χ0n) is 11.2. The summed E-state index contributed by atoms with van der Waals surface area (Å²) in [7, 11) is 0. The number of hydrogen-bond donors (Lipinski definition) is 1. The normalized spacial score (nSPS) is 11.4. The van der Waals surface area contributed by atoms with Crippen LogP contribution in [0, 0.1) is 5.82 Å². The number of ether oxygens (including phenoxy) is 1. The lowest BCUT2D eigenvalue weighted by Gasteiger charge is -2.28. The molecule has 0 bridgehead atoms. The molecule has 0 atom stereocenters. The summed E-state index contributed by atoms with van der Waals surface area (Å²) in [4.78, 5) is 0. The smallest absolute Gasteiger partial charge is 0.131 e. The average Bonchev–Trinajstić information content (AvgIpc) is 2.40. The van der Waals surface area contributed by atoms with Crippen LogP contribution < -0.4 is 10.5 Å². The molecule has 2 nitrogen and oxygen atoms in total. The number of benzene rings is 2. The Morgan fingerprint density at radius 2 is 1.74 bits per heavy atom. The second-order valence-corrected chi connectivity index (χ2v) is 4.90. The third kappa shape index (κ3) is 2.93. The summed E-state index contributed by atoms with van der Waals surface area (Å²) in [6, 6.07) is 14.6. The van der Waals surface area contributed by atoms with E-state index in [4.69, 9.17) is 10.5 Å². The molecule has 2 N–H and O–H groups in total. The van der Waals surface area contributed by atoms with Gasteiger partial charge in [-0.05, 0) is 31.5 Å². The van der Waals surface area contributed by atoms with Crippen molar-refractivity contribution in [2.75, 3.05) is 0 Å². The minimum Gasteiger partial charge on any atom is -0.483 e. The van der Waals surface area contributed by atoms with Crippen LogP contribution in [-0.4, -0.2) is 0 Å². The van der Waals surface area contributed by atoms with Gasteiger partial charge in [-0.15, -0.1) is 0 Å². The van der Waals surface area contributed by atoms with Crippen molar-refractivity contribution in [2.24, 2.45) is 5.73 Å². The molecule has 2 aromatic carbocycles. The number of hydrogen-bond acceptors (Lipinski definition) is 2. The van der Waals surface area contributed by atoms with Gasteiger partial charge in [0.1, 0.15) is 17.2 Å². The Morgan fingerprint density at radius 1 is 1.05 bits per heavy atom. The van der Waals surface area contributed by atoms with Crippen molar-refractivity contribution in [1.29, 1.82) is 0 Å². The van der Waals surface area contributed by atoms with Crippen LogP contribution in [0.4, 0.5) is 4.39 Å². The quantitative estimate of drug-likeness (QED) is 0.910. The summed E-state index contributed by atoms with van der Waals surface area (Å²) < 4.78 is 19.6. The van der Waals surface area contributed by atoms with Gasteiger partial charge in [0.25, 0.3) is 0 Å². The molecule has 0 spiro atoms. The Balaban J connectivity index is 2.33. The van der Waals surface area contributed by atoms with Gasteiger partial charge < -0.3 is 10.5 Å². The first kappa shape index (κ1) is 13.6. The zero-order valence-corrected chi connectivity index (χ0v) is 11.2. The van der Waals surface area contributed by atoms with Crippen LogP contribution in [0.2, 0.25) is 0 Å². The lowest BCUT2D eigenvalue weighted by Crippen LogP contribution is -2.26. The lowest BCUT2D eigenvalue weighted by atomic mass is 9.98. The van der Waals surface area contributed by atoms with Crippen LogP contribution in [0.3, 0.4) is 0 Å². The summed E-state index contributed by atoms with van der Waals surface area (Å²) in [5, 5.41) is 0. The molecule has 0 amide bonds. The molecule has 0 fully saturated rings. The number of halogens is 1. The maximum Gasteiger partial charge on any atom is 0.131 e. The zero-order chi connectivity index (χ0) is 13.9. The number of rotatable bonds is 4. The van der Waals surface area contributed by atoms with Gasteiger partial charge in [-0.2, -0.15) is 0 Å². The maximum atomic E-state index is 13.7. The van der Waals surface area contributed by atoms with E-state index in [1.165, 1.54) is 6.07 Å². The van der Waals surface area contributed by atoms with Gasteiger partial charge in [0.15, 0.2) is 0 Å². The maximum absolute atomic E-state index is 13.7. The van der Waals surface area contributed by atoms with E-state index in [1.807, 2.05) is 44.2 Å². The van der Waals surface area contributed by atoms with E-state index < -0.39 is 5.60 Å². The van der Waals surface area contributed by atoms with Gasteiger partial charge >= 0.3 is 0 Å². The van der Waals surface area contributed by atoms with E-state index >= 15 is 0 Å². The van der Waals surface area contributed by atoms with Gasteiger partial charge in [0.05, 0.1) is 0 Å². The van der Waals surface area contributed by atoms with Crippen LogP contribution in [0.1, 0.15) is 25.0 Å². The van der Waals surface area contributed by atoms with Gasteiger partial charge in [-0.1, -0.05) is 36.4 Å². The fraction of sp³-hybridized carbons (Fsp3) is 0.250. The second-order valence-electron chi connectivity index (χ2n) is 4.90. The fourth-order valence-corrected chi connectivity index (χ4v) is 2.01. The molecular formula is C16H18FNO. The Bertz CT molecular complexity index is 552. The predicted octanol–water partition coefficient (Wildman–Crippen LogP) is 3.60. The van der Waals surface area contributed by atoms with Crippen molar-refractivity contribution in [1.82, 2.24) is 0 Å². The third-order valence-corrected chi connectivity index (χ3v) is 3.11. The van der Waals surface area contributed by atoms with Gasteiger partial charge in [-0.3, -0.25) is 0 Å². The molecule has 0 saturated heterocycles. The van der Waals surface area contributed by atoms with Crippen molar-refractivity contribution in [3.05, 3.63) is 65.5 Å². The van der Waals surface area contributed by atoms with Gasteiger partial charge in [0, 0.05) is 12.1 Å². The summed E-state index contributed by atoms with van der Waals surface area (Å²) in [6.07, 6.45) is 0. The molecule has 0 saturated carbocycles. The highest BCUT2D eigenvalue weighted by Gasteiger charge is 2.24. The Kier molecular flexibility index (Phi) is 3.86. The minimum absolute atomic E-state index is 0.118. The highest BCUT2D eigenvalue weighted by molar-refractivity contribution is 5.36. The largest absolute Gasteiger partial charge is 0.483 e. The first-order valence-electron chi connectivity index (χ1n) is 6.26. The fourth-order valence-electron chi connectivity index (χ4n) is 2.01. The van der Waals surface area contributed by atoms with Crippen molar-refractivity contribution in [3.63, 3.8) is 0 Å². The molecule has 0 heterocycles. The highest BCUT2D eigenvalue weighted by atomic mass is 19.1. The second kappa shape index (κ2) is 5.41. The lowest BCUT2D eigenvalue weighted by molar-refractivity contribution is 0.107. The first-order chi connectivity index (χ1) is 9.04. The van der Waals surface area contributed by atoms with Crippen molar-refractivity contribution >= 4 is 0 Å². The number of nitrogens with two attached hydrogens (primary N) is 1. The van der Waals surface area contributed by atoms with Crippen molar-refractivity contribution in [2.45, 2.75) is 26.0 Å². The third-order valence-electron chi connectivity index (χ3n) is 3.11. The van der Waals surface area contributed by atoms with E-state index in [0.717, 1.165) is 5.56 Å². The standard InChI is InChI=1S/C16H18FNO/c1-16(2,12-7-4-3-5-8-12)19-15-10-6-9-14(17)13(15)11-18/h3-10H,11,18H2,1-2H3. The molecule has 3 heteroatoms. The summed E-state index contributed by atoms with van der Waals surface area (Å²) in [5.41, 5.74) is 6.48. The van der Waals surface area contributed by atoms with E-state index in [0.29, 0.717) is 11.3 Å². The Hall–Kier alpha value is -1.87. The van der Waals surface area contributed by atoms with Crippen LogP contribution in [0.15, 0.2) is 48.5 Å². The molecule has 0 aliphatic heterocycles. The van der Waals surface area contributed by atoms with E-state index in [2.05, 4.69) is 0 Å². The molecule has 0 aliphatic rings. The van der Waals surface area contributed by atoms with Gasteiger partial charge in [0.2, 0.25) is 0 Å². The average molecular weight is 259 g/mol. The van der Waals surface area contributed by atoms with E-state index in [1.54, 1.807) is 12.1 Å². The summed E-state index contributed by atoms with van der Waals surface area (Å²) in [6.45, 7) is 4.02. The summed E-state index contributed by atoms with van der Waals surface area (Å²) in [5.74, 6) is 0.167. The predicted molar refractivity (Wildman–Crippen MR) is 74.4 cm³/mol. The summed E-state index contributed by atoms with van der Waals surface area (Å²) >= 11 is 0. The van der Waals surface area contributed by atoms with Crippen LogP contribution in [0.25, 0.3) is 0 Å². The first-order valence-corrected chi connectivity index (χ1v) is 6.26. The van der Waals surface area contributed by atoms with Crippen molar-refractivity contribution in [3.8, 4) is 5.75 Å². The highest BCUT2D eigenvalue weighted by Crippen LogP contribution is 2.30. The van der Waals surface area contributed by atoms with Crippen LogP contribution in [-0.2, 0) is 12.1 Å². The molecule has 2 aromatic rings. The minimum atomic E-state index is -0.543. The van der Waals surface area contributed by atoms with Crippen molar-refractivity contribution < 1.29 is 9.13 Å².